The number of aliphatic hydroxyl groups is 1. The van der Waals surface area contributed by atoms with Crippen LogP contribution in [0.2, 0.25) is 0 Å². The maximum Gasteiger partial charge on any atom is 0.196 e. The number of hydrogen-bond acceptors (Lipinski definition) is 8. The second-order valence-corrected chi connectivity index (χ2v) is 9.61. The van der Waals surface area contributed by atoms with Gasteiger partial charge >= 0.3 is 0 Å². The molecule has 0 radical (unpaired) electrons. The predicted octanol–water partition coefficient (Wildman–Crippen LogP) is 5.26. The maximum atomic E-state index is 14.3. The third kappa shape index (κ3) is 4.09. The topological polar surface area (TPSA) is 121 Å². The third-order valence-electron chi connectivity index (χ3n) is 7.55. The van der Waals surface area contributed by atoms with Crippen LogP contribution in [-0.2, 0) is 12.1 Å². The van der Waals surface area contributed by atoms with Crippen LogP contribution in [0.4, 0.5) is 10.1 Å². The first-order valence-electron chi connectivity index (χ1n) is 12.8. The smallest absolute Gasteiger partial charge is 0.196 e. The number of nitrogen functional groups attached to an aromatic ring is 1. The highest BCUT2D eigenvalue weighted by molar-refractivity contribution is 5.71. The van der Waals surface area contributed by atoms with Gasteiger partial charge in [0, 0.05) is 25.1 Å². The van der Waals surface area contributed by atoms with E-state index < -0.39 is 17.0 Å². The lowest BCUT2D eigenvalue weighted by molar-refractivity contribution is -0.162. The minimum Gasteiger partial charge on any atom is -0.496 e. The van der Waals surface area contributed by atoms with Crippen molar-refractivity contribution >= 4 is 5.69 Å². The summed E-state index contributed by atoms with van der Waals surface area (Å²) in [6.07, 6.45) is 3.66. The highest BCUT2D eigenvalue weighted by atomic mass is 19.1. The normalized spacial score (nSPS) is 17.3. The van der Waals surface area contributed by atoms with Gasteiger partial charge in [0.15, 0.2) is 28.9 Å². The minimum atomic E-state index is -1.28. The molecule has 200 valence electrons. The molecule has 1 aliphatic rings. The maximum absolute atomic E-state index is 14.3. The van der Waals surface area contributed by atoms with E-state index in [0.29, 0.717) is 61.3 Å². The molecule has 2 aromatic heterocycles. The van der Waals surface area contributed by atoms with Gasteiger partial charge in [0.05, 0.1) is 24.6 Å². The Hall–Kier alpha value is -3.92. The molecule has 3 heterocycles. The van der Waals surface area contributed by atoms with E-state index in [4.69, 9.17) is 19.6 Å². The Morgan fingerprint density at radius 2 is 1.97 bits per heavy atom. The second kappa shape index (κ2) is 9.75. The molecule has 0 aliphatic carbocycles. The summed E-state index contributed by atoms with van der Waals surface area (Å²) in [5.41, 5.74) is 4.74. The summed E-state index contributed by atoms with van der Waals surface area (Å²) in [6, 6.07) is 10.0. The zero-order valence-corrected chi connectivity index (χ0v) is 22.0. The summed E-state index contributed by atoms with van der Waals surface area (Å²) in [6.45, 7) is 6.23. The molecule has 38 heavy (non-hydrogen) atoms. The molecular formula is C28H32FN5O4. The molecule has 5 rings (SSSR count). The number of methoxy groups -OCH3 is 1. The Bertz CT molecular complexity index is 1460. The lowest BCUT2D eigenvalue weighted by atomic mass is 9.73. The molecule has 0 fully saturated rings. The van der Waals surface area contributed by atoms with E-state index in [0.717, 1.165) is 11.1 Å². The number of nitrogens with zero attached hydrogens (tertiary/aromatic N) is 4. The van der Waals surface area contributed by atoms with Crippen LogP contribution in [0, 0.1) is 12.7 Å². The number of halogens is 1. The van der Waals surface area contributed by atoms with Gasteiger partial charge in [-0.05, 0) is 49.9 Å². The molecule has 1 unspecified atom stereocenters. The van der Waals surface area contributed by atoms with Crippen LogP contribution in [0.5, 0.6) is 11.5 Å². The highest BCUT2D eigenvalue weighted by Gasteiger charge is 2.56. The summed E-state index contributed by atoms with van der Waals surface area (Å²) < 4.78 is 34.2. The Morgan fingerprint density at radius 1 is 1.18 bits per heavy atom. The molecule has 9 nitrogen and oxygen atoms in total. The molecule has 1 atom stereocenters. The molecule has 0 saturated carbocycles. The number of anilines is 1. The number of aromatic nitrogens is 4. The lowest BCUT2D eigenvalue weighted by Gasteiger charge is -2.47. The summed E-state index contributed by atoms with van der Waals surface area (Å²) in [7, 11) is 1.60. The van der Waals surface area contributed by atoms with Crippen LogP contribution >= 0.6 is 0 Å². The van der Waals surface area contributed by atoms with E-state index in [9.17, 15) is 9.50 Å². The minimum absolute atomic E-state index is 0.0274. The SMILES string of the molecule is CCC(O)(CC)C1(Oc2ccc(N)c(F)c2)CCCn2c(-c3ccc(-c4cnc(C)o4)c(OC)c3)nnc21. The molecule has 1 aliphatic heterocycles. The van der Waals surface area contributed by atoms with Crippen molar-refractivity contribution in [2.75, 3.05) is 12.8 Å². The van der Waals surface area contributed by atoms with E-state index in [1.54, 1.807) is 26.3 Å². The van der Waals surface area contributed by atoms with Gasteiger partial charge in [-0.3, -0.25) is 0 Å². The number of fused-ring (bicyclic) bond motifs is 1. The van der Waals surface area contributed by atoms with Crippen LogP contribution < -0.4 is 15.2 Å². The van der Waals surface area contributed by atoms with Crippen LogP contribution in [0.1, 0.15) is 51.2 Å². The average Bonchev–Trinajstić information content (AvgIpc) is 3.57. The molecular weight excluding hydrogens is 489 g/mol. The Balaban J connectivity index is 1.62. The van der Waals surface area contributed by atoms with Crippen molar-refractivity contribution in [2.45, 2.75) is 64.2 Å². The van der Waals surface area contributed by atoms with Crippen molar-refractivity contribution in [1.82, 2.24) is 19.7 Å². The number of rotatable bonds is 8. The molecule has 4 aromatic rings. The van der Waals surface area contributed by atoms with Crippen LogP contribution in [0.25, 0.3) is 22.7 Å². The second-order valence-electron chi connectivity index (χ2n) is 9.61. The molecule has 0 spiro atoms. The Morgan fingerprint density at radius 3 is 2.63 bits per heavy atom. The highest BCUT2D eigenvalue weighted by Crippen LogP contribution is 2.48. The van der Waals surface area contributed by atoms with Crippen LogP contribution in [0.3, 0.4) is 0 Å². The largest absolute Gasteiger partial charge is 0.496 e. The number of hydrogen-bond donors (Lipinski definition) is 2. The molecule has 3 N–H and O–H groups in total. The molecule has 0 saturated heterocycles. The Labute approximate surface area is 220 Å². The average molecular weight is 522 g/mol. The molecule has 10 heteroatoms. The van der Waals surface area contributed by atoms with Gasteiger partial charge in [0.2, 0.25) is 0 Å². The molecule has 0 bridgehead atoms. The first-order valence-corrected chi connectivity index (χ1v) is 12.8. The standard InChI is InChI=1S/C28H32FN5O4/c1-5-27(35,6-2)28(38-19-9-11-22(30)21(29)15-19)12-7-13-34-25(32-33-26(28)34)18-8-10-20(23(14-18)36-4)24-16-31-17(3)37-24/h8-11,14-16,35H,5-7,12-13,30H2,1-4H3. The van der Waals surface area contributed by atoms with Gasteiger partial charge in [0.25, 0.3) is 0 Å². The first kappa shape index (κ1) is 25.7. The van der Waals surface area contributed by atoms with Crippen molar-refractivity contribution in [2.24, 2.45) is 0 Å². The van der Waals surface area contributed by atoms with Gasteiger partial charge in [-0.1, -0.05) is 19.9 Å². The van der Waals surface area contributed by atoms with Gasteiger partial charge < -0.3 is 29.3 Å². The van der Waals surface area contributed by atoms with E-state index in [-0.39, 0.29) is 11.4 Å². The van der Waals surface area contributed by atoms with Crippen molar-refractivity contribution in [1.29, 1.82) is 0 Å². The molecule has 0 amide bonds. The number of benzene rings is 2. The van der Waals surface area contributed by atoms with E-state index in [1.165, 1.54) is 12.1 Å². The lowest BCUT2D eigenvalue weighted by Crippen LogP contribution is -2.58. The first-order chi connectivity index (χ1) is 18.2. The summed E-state index contributed by atoms with van der Waals surface area (Å²) in [5, 5.41) is 21.0. The van der Waals surface area contributed by atoms with Gasteiger partial charge in [0.1, 0.15) is 22.9 Å². The zero-order chi connectivity index (χ0) is 27.1. The van der Waals surface area contributed by atoms with Crippen molar-refractivity contribution < 1.29 is 23.4 Å². The summed E-state index contributed by atoms with van der Waals surface area (Å²) >= 11 is 0. The number of nitrogens with two attached hydrogens (primary N) is 1. The number of oxazole rings is 1. The van der Waals surface area contributed by atoms with Gasteiger partial charge in [-0.25, -0.2) is 9.37 Å². The predicted molar refractivity (Wildman–Crippen MR) is 140 cm³/mol. The molecule has 2 aromatic carbocycles. The summed E-state index contributed by atoms with van der Waals surface area (Å²) in [4.78, 5) is 4.18. The van der Waals surface area contributed by atoms with Crippen molar-refractivity contribution in [3.05, 3.63) is 60.1 Å². The van der Waals surface area contributed by atoms with Gasteiger partial charge in [-0.15, -0.1) is 10.2 Å². The van der Waals surface area contributed by atoms with E-state index in [2.05, 4.69) is 15.2 Å². The number of aryl methyl sites for hydroxylation is 1. The van der Waals surface area contributed by atoms with Crippen LogP contribution in [-0.4, -0.2) is 37.6 Å². The quantitative estimate of drug-likeness (QED) is 0.301. The van der Waals surface area contributed by atoms with Gasteiger partial charge in [-0.2, -0.15) is 0 Å². The Kier molecular flexibility index (Phi) is 6.60. The van der Waals surface area contributed by atoms with Crippen molar-refractivity contribution in [3.8, 4) is 34.2 Å². The van der Waals surface area contributed by atoms with Crippen LogP contribution in [0.15, 0.2) is 47.0 Å². The monoisotopic (exact) mass is 521 g/mol. The summed E-state index contributed by atoms with van der Waals surface area (Å²) in [5.74, 6) is 2.57. The van der Waals surface area contributed by atoms with E-state index in [1.807, 2.05) is 36.6 Å². The van der Waals surface area contributed by atoms with E-state index >= 15 is 0 Å². The fourth-order valence-electron chi connectivity index (χ4n) is 5.37. The fraction of sp³-hybridized carbons (Fsp3) is 0.393. The number of ether oxygens (including phenoxy) is 2. The van der Waals surface area contributed by atoms with Crippen molar-refractivity contribution in [3.63, 3.8) is 0 Å². The zero-order valence-electron chi connectivity index (χ0n) is 22.0. The fourth-order valence-corrected chi connectivity index (χ4v) is 5.37. The third-order valence-corrected chi connectivity index (χ3v) is 7.55.